The number of aromatic amines is 1. The Kier molecular flexibility index (Phi) is 3.71. The number of benzene rings is 3. The topological polar surface area (TPSA) is 109 Å². The third-order valence-electron chi connectivity index (χ3n) is 5.55. The molecular formula is C22H16N2O5S. The number of aromatic nitrogens is 2. The van der Waals surface area contributed by atoms with Crippen molar-refractivity contribution < 1.29 is 13.0 Å². The molecule has 0 amide bonds. The van der Waals surface area contributed by atoms with E-state index < -0.39 is 10.1 Å². The molecule has 30 heavy (non-hydrogen) atoms. The van der Waals surface area contributed by atoms with Crippen LogP contribution >= 0.6 is 0 Å². The monoisotopic (exact) mass is 420 g/mol. The maximum Gasteiger partial charge on any atom is 0.294 e. The summed E-state index contributed by atoms with van der Waals surface area (Å²) in [6.07, 6.45) is 0. The Bertz CT molecular complexity index is 1780. The number of hydrogen-bond donors (Lipinski definition) is 2. The maximum absolute atomic E-state index is 13.1. The van der Waals surface area contributed by atoms with Crippen LogP contribution in [0, 0.1) is 6.92 Å². The molecule has 2 aromatic heterocycles. The van der Waals surface area contributed by atoms with Crippen LogP contribution in [-0.2, 0) is 17.2 Å². The zero-order valence-electron chi connectivity index (χ0n) is 16.1. The molecular weight excluding hydrogens is 404 g/mol. The van der Waals surface area contributed by atoms with Crippen molar-refractivity contribution in [3.05, 3.63) is 74.5 Å². The van der Waals surface area contributed by atoms with E-state index >= 15 is 0 Å². The standard InChI is InChI=1S/C22H16N2O5S/c1-11-3-6-19-15(7-11)22(26)16-9-18-14(10-20(16)24(19)2)21(25)13-8-12(30(27,28)29)4-5-17(13)23-18/h3-10H,1-2H3,(H,23,25)(H,27,28,29). The predicted molar refractivity (Wildman–Crippen MR) is 117 cm³/mol. The molecule has 0 radical (unpaired) electrons. The molecule has 3 aromatic carbocycles. The van der Waals surface area contributed by atoms with Crippen molar-refractivity contribution in [3.63, 3.8) is 0 Å². The SMILES string of the molecule is Cc1ccc2c(c1)c(=O)c1cc3[nH]c4ccc(S(=O)(=O)O)cc4c(=O)c3cc1n2C. The van der Waals surface area contributed by atoms with Crippen LogP contribution in [0.5, 0.6) is 0 Å². The number of H-pyrrole nitrogens is 1. The van der Waals surface area contributed by atoms with Crippen LogP contribution in [0.3, 0.4) is 0 Å². The number of aryl methyl sites for hydroxylation is 2. The summed E-state index contributed by atoms with van der Waals surface area (Å²) in [5.41, 5.74) is 2.71. The van der Waals surface area contributed by atoms with Gasteiger partial charge in [-0.05, 0) is 49.4 Å². The molecule has 0 aliphatic heterocycles. The van der Waals surface area contributed by atoms with Crippen molar-refractivity contribution >= 4 is 53.7 Å². The van der Waals surface area contributed by atoms with Gasteiger partial charge in [0.15, 0.2) is 10.9 Å². The number of nitrogens with one attached hydrogen (secondary N) is 1. The van der Waals surface area contributed by atoms with Crippen LogP contribution in [0.15, 0.2) is 63.0 Å². The second-order valence-electron chi connectivity index (χ2n) is 7.46. The summed E-state index contributed by atoms with van der Waals surface area (Å²) in [7, 11) is -2.61. The van der Waals surface area contributed by atoms with E-state index in [4.69, 9.17) is 0 Å². The summed E-state index contributed by atoms with van der Waals surface area (Å²) in [5.74, 6) is 0. The van der Waals surface area contributed by atoms with E-state index in [1.807, 2.05) is 36.7 Å². The average molecular weight is 420 g/mol. The molecule has 7 nitrogen and oxygen atoms in total. The van der Waals surface area contributed by atoms with E-state index in [1.54, 1.807) is 12.1 Å². The van der Waals surface area contributed by atoms with E-state index in [1.165, 1.54) is 12.1 Å². The molecule has 0 spiro atoms. The van der Waals surface area contributed by atoms with Crippen molar-refractivity contribution in [2.24, 2.45) is 7.05 Å². The van der Waals surface area contributed by atoms with Gasteiger partial charge in [-0.3, -0.25) is 14.1 Å². The zero-order chi connectivity index (χ0) is 21.4. The fourth-order valence-electron chi connectivity index (χ4n) is 4.01. The summed E-state index contributed by atoms with van der Waals surface area (Å²) >= 11 is 0. The zero-order valence-corrected chi connectivity index (χ0v) is 16.9. The normalized spacial score (nSPS) is 12.4. The first kappa shape index (κ1) is 18.5. The van der Waals surface area contributed by atoms with Gasteiger partial charge in [-0.1, -0.05) is 11.6 Å². The van der Waals surface area contributed by atoms with E-state index in [0.717, 1.165) is 17.1 Å². The Labute approximate surface area is 169 Å². The molecule has 0 aliphatic carbocycles. The van der Waals surface area contributed by atoms with Crippen molar-refractivity contribution in [3.8, 4) is 0 Å². The van der Waals surface area contributed by atoms with Crippen LogP contribution in [0.4, 0.5) is 0 Å². The number of pyridine rings is 2. The molecule has 8 heteroatoms. The molecule has 0 bridgehead atoms. The molecule has 0 fully saturated rings. The van der Waals surface area contributed by atoms with Crippen LogP contribution < -0.4 is 10.9 Å². The minimum atomic E-state index is -4.44. The van der Waals surface area contributed by atoms with Crippen molar-refractivity contribution in [1.82, 2.24) is 9.55 Å². The summed E-state index contributed by atoms with van der Waals surface area (Å²) in [6, 6.07) is 12.7. The van der Waals surface area contributed by atoms with Gasteiger partial charge in [-0.25, -0.2) is 0 Å². The number of nitrogens with zero attached hydrogens (tertiary/aromatic N) is 1. The van der Waals surface area contributed by atoms with Gasteiger partial charge in [0.2, 0.25) is 0 Å². The fraction of sp³-hybridized carbons (Fsp3) is 0.0909. The summed E-state index contributed by atoms with van der Waals surface area (Å²) in [4.78, 5) is 29.0. The van der Waals surface area contributed by atoms with Gasteiger partial charge >= 0.3 is 0 Å². The Hall–Kier alpha value is -3.49. The fourth-order valence-corrected chi connectivity index (χ4v) is 4.52. The first-order valence-electron chi connectivity index (χ1n) is 9.15. The molecule has 0 atom stereocenters. The van der Waals surface area contributed by atoms with Crippen LogP contribution in [-0.4, -0.2) is 22.5 Å². The first-order chi connectivity index (χ1) is 14.1. The second-order valence-corrected chi connectivity index (χ2v) is 8.88. The Morgan fingerprint density at radius 1 is 0.800 bits per heavy atom. The Morgan fingerprint density at radius 2 is 1.47 bits per heavy atom. The van der Waals surface area contributed by atoms with Crippen LogP contribution in [0.2, 0.25) is 0 Å². The van der Waals surface area contributed by atoms with Gasteiger partial charge in [0.05, 0.1) is 21.4 Å². The van der Waals surface area contributed by atoms with Crippen LogP contribution in [0.1, 0.15) is 5.56 Å². The van der Waals surface area contributed by atoms with E-state index in [0.29, 0.717) is 32.7 Å². The molecule has 150 valence electrons. The van der Waals surface area contributed by atoms with Gasteiger partial charge in [0.25, 0.3) is 10.1 Å². The van der Waals surface area contributed by atoms with Gasteiger partial charge in [-0.15, -0.1) is 0 Å². The Balaban J connectivity index is 1.97. The molecule has 0 aliphatic rings. The number of rotatable bonds is 1. The lowest BCUT2D eigenvalue weighted by Crippen LogP contribution is -2.12. The minimum absolute atomic E-state index is 0.119. The van der Waals surface area contributed by atoms with E-state index in [2.05, 4.69) is 4.98 Å². The van der Waals surface area contributed by atoms with Gasteiger partial charge < -0.3 is 9.55 Å². The lowest BCUT2D eigenvalue weighted by Gasteiger charge is -2.12. The summed E-state index contributed by atoms with van der Waals surface area (Å²) in [5, 5.41) is 1.54. The number of fused-ring (bicyclic) bond motifs is 4. The van der Waals surface area contributed by atoms with Crippen molar-refractivity contribution in [2.75, 3.05) is 0 Å². The maximum atomic E-state index is 13.1. The lowest BCUT2D eigenvalue weighted by molar-refractivity contribution is 0.483. The summed E-state index contributed by atoms with van der Waals surface area (Å²) in [6.45, 7) is 1.92. The third-order valence-corrected chi connectivity index (χ3v) is 6.40. The predicted octanol–water partition coefficient (Wildman–Crippen LogP) is 3.24. The molecule has 5 rings (SSSR count). The molecule has 2 N–H and O–H groups in total. The van der Waals surface area contributed by atoms with Crippen molar-refractivity contribution in [2.45, 2.75) is 11.8 Å². The smallest absolute Gasteiger partial charge is 0.294 e. The highest BCUT2D eigenvalue weighted by atomic mass is 32.2. The largest absolute Gasteiger partial charge is 0.354 e. The molecule has 5 aromatic rings. The van der Waals surface area contributed by atoms with E-state index in [9.17, 15) is 22.6 Å². The lowest BCUT2D eigenvalue weighted by atomic mass is 10.0. The van der Waals surface area contributed by atoms with Gasteiger partial charge in [0.1, 0.15) is 0 Å². The summed E-state index contributed by atoms with van der Waals surface area (Å²) < 4.78 is 34.1. The highest BCUT2D eigenvalue weighted by Crippen LogP contribution is 2.24. The minimum Gasteiger partial charge on any atom is -0.354 e. The van der Waals surface area contributed by atoms with E-state index in [-0.39, 0.29) is 21.1 Å². The molecule has 0 saturated heterocycles. The van der Waals surface area contributed by atoms with Gasteiger partial charge in [-0.2, -0.15) is 8.42 Å². The first-order valence-corrected chi connectivity index (χ1v) is 10.6. The highest BCUT2D eigenvalue weighted by molar-refractivity contribution is 7.85. The molecule has 0 saturated carbocycles. The molecule has 2 heterocycles. The number of hydrogen-bond acceptors (Lipinski definition) is 4. The highest BCUT2D eigenvalue weighted by Gasteiger charge is 2.15. The van der Waals surface area contributed by atoms with Gasteiger partial charge in [0, 0.05) is 34.1 Å². The molecule has 0 unspecified atom stereocenters. The average Bonchev–Trinajstić information content (AvgIpc) is 2.70. The quantitative estimate of drug-likeness (QED) is 0.320. The van der Waals surface area contributed by atoms with Crippen LogP contribution in [0.25, 0.3) is 43.6 Å². The second kappa shape index (κ2) is 6.01. The Morgan fingerprint density at radius 3 is 2.20 bits per heavy atom. The van der Waals surface area contributed by atoms with Crippen molar-refractivity contribution in [1.29, 1.82) is 0 Å². The third kappa shape index (κ3) is 2.58.